The Morgan fingerprint density at radius 3 is 2.20 bits per heavy atom. The molecule has 0 bridgehead atoms. The molecule has 1 heterocycles. The first-order valence-electron chi connectivity index (χ1n) is 7.21. The highest BCUT2D eigenvalue weighted by molar-refractivity contribution is 5.40. The minimum atomic E-state index is 0.207. The van der Waals surface area contributed by atoms with Crippen LogP contribution in [0.5, 0.6) is 0 Å². The summed E-state index contributed by atoms with van der Waals surface area (Å²) in [5.74, 6) is 0.798. The van der Waals surface area contributed by atoms with Crippen LogP contribution in [0.1, 0.15) is 55.3 Å². The van der Waals surface area contributed by atoms with Gasteiger partial charge in [0.05, 0.1) is 0 Å². The van der Waals surface area contributed by atoms with Crippen molar-refractivity contribution >= 4 is 0 Å². The maximum Gasteiger partial charge on any atom is 0.174 e. The molecule has 1 aromatic heterocycles. The molecule has 2 aromatic rings. The Morgan fingerprint density at radius 1 is 1.05 bits per heavy atom. The first-order valence-corrected chi connectivity index (χ1v) is 7.21. The molecule has 0 saturated carbocycles. The van der Waals surface area contributed by atoms with E-state index in [1.54, 1.807) is 0 Å². The third kappa shape index (κ3) is 3.44. The van der Waals surface area contributed by atoms with Crippen molar-refractivity contribution in [3.05, 3.63) is 40.2 Å². The third-order valence-corrected chi connectivity index (χ3v) is 3.78. The molecule has 1 N–H and O–H groups in total. The molecule has 0 unspecified atom stereocenters. The second-order valence-corrected chi connectivity index (χ2v) is 6.52. The normalized spacial score (nSPS) is 11.8. The van der Waals surface area contributed by atoms with E-state index in [0.29, 0.717) is 0 Å². The number of nitrogens with one attached hydrogen (secondary N) is 1. The lowest BCUT2D eigenvalue weighted by Gasteiger charge is -2.22. The van der Waals surface area contributed by atoms with E-state index in [4.69, 9.17) is 0 Å². The molecule has 0 radical (unpaired) electrons. The fourth-order valence-electron chi connectivity index (χ4n) is 2.53. The lowest BCUT2D eigenvalue weighted by molar-refractivity contribution is 0.588. The first-order chi connectivity index (χ1) is 9.38. The Kier molecular flexibility index (Phi) is 4.21. The highest BCUT2D eigenvalue weighted by atomic mass is 15.5. The molecule has 108 valence electrons. The van der Waals surface area contributed by atoms with E-state index < -0.39 is 0 Å². The second-order valence-electron chi connectivity index (χ2n) is 6.52. The van der Waals surface area contributed by atoms with Gasteiger partial charge in [0.25, 0.3) is 0 Å². The number of rotatable bonds is 4. The van der Waals surface area contributed by atoms with E-state index in [1.165, 1.54) is 22.3 Å². The number of aryl methyl sites for hydroxylation is 3. The monoisotopic (exact) mass is 272 g/mol. The van der Waals surface area contributed by atoms with Crippen molar-refractivity contribution in [1.82, 2.24) is 20.6 Å². The maximum absolute atomic E-state index is 3.99. The molecule has 0 spiro atoms. The van der Waals surface area contributed by atoms with E-state index in [1.807, 2.05) is 0 Å². The third-order valence-electron chi connectivity index (χ3n) is 3.78. The summed E-state index contributed by atoms with van der Waals surface area (Å²) < 4.78 is 0. The van der Waals surface area contributed by atoms with Crippen molar-refractivity contribution in [2.24, 2.45) is 0 Å². The minimum Gasteiger partial charge on any atom is -0.177 e. The molecule has 1 aromatic carbocycles. The molecule has 20 heavy (non-hydrogen) atoms. The average Bonchev–Trinajstić information content (AvgIpc) is 2.84. The number of aromatic nitrogens is 4. The molecule has 2 rings (SSSR count). The molecule has 0 fully saturated rings. The highest BCUT2D eigenvalue weighted by Gasteiger charge is 2.16. The van der Waals surface area contributed by atoms with Gasteiger partial charge in [0.1, 0.15) is 0 Å². The number of hydrogen-bond acceptors (Lipinski definition) is 3. The lowest BCUT2D eigenvalue weighted by atomic mass is 9.83. The van der Waals surface area contributed by atoms with Gasteiger partial charge in [-0.15, -0.1) is 10.2 Å². The molecule has 0 aliphatic carbocycles. The van der Waals surface area contributed by atoms with Crippen molar-refractivity contribution < 1.29 is 0 Å². The van der Waals surface area contributed by atoms with E-state index in [0.717, 1.165) is 25.1 Å². The van der Waals surface area contributed by atoms with Crippen LogP contribution >= 0.6 is 0 Å². The minimum absolute atomic E-state index is 0.207. The Bertz CT molecular complexity index is 542. The Labute approximate surface area is 121 Å². The molecule has 4 nitrogen and oxygen atoms in total. The Hall–Kier alpha value is -1.71. The van der Waals surface area contributed by atoms with Crippen molar-refractivity contribution in [2.45, 2.75) is 59.3 Å². The molecule has 4 heteroatoms. The maximum atomic E-state index is 3.99. The number of aromatic amines is 1. The zero-order valence-corrected chi connectivity index (χ0v) is 13.1. The summed E-state index contributed by atoms with van der Waals surface area (Å²) in [6.07, 6.45) is 2.99. The average molecular weight is 272 g/mol. The number of benzene rings is 1. The number of nitrogens with zero attached hydrogens (tertiary/aromatic N) is 3. The van der Waals surface area contributed by atoms with Crippen LogP contribution < -0.4 is 0 Å². The summed E-state index contributed by atoms with van der Waals surface area (Å²) in [6.45, 7) is 11.2. The number of hydrogen-bond donors (Lipinski definition) is 1. The lowest BCUT2D eigenvalue weighted by Crippen LogP contribution is -2.12. The predicted molar refractivity (Wildman–Crippen MR) is 80.8 cm³/mol. The van der Waals surface area contributed by atoms with Gasteiger partial charge >= 0.3 is 0 Å². The second kappa shape index (κ2) is 5.73. The Balaban J connectivity index is 2.08. The summed E-state index contributed by atoms with van der Waals surface area (Å²) in [7, 11) is 0. The van der Waals surface area contributed by atoms with E-state index >= 15 is 0 Å². The van der Waals surface area contributed by atoms with Gasteiger partial charge in [0.15, 0.2) is 5.82 Å². The highest BCUT2D eigenvalue weighted by Crippen LogP contribution is 2.27. The van der Waals surface area contributed by atoms with Crippen molar-refractivity contribution in [3.63, 3.8) is 0 Å². The summed E-state index contributed by atoms with van der Waals surface area (Å²) in [5.41, 5.74) is 5.86. The SMILES string of the molecule is Cc1cc(C(C)(C)C)cc(C)c1CCCc1nn[nH]n1. The van der Waals surface area contributed by atoms with Gasteiger partial charge < -0.3 is 0 Å². The summed E-state index contributed by atoms with van der Waals surface area (Å²) in [4.78, 5) is 0. The largest absolute Gasteiger partial charge is 0.177 e. The van der Waals surface area contributed by atoms with Crippen LogP contribution in [0, 0.1) is 13.8 Å². The molecular weight excluding hydrogens is 248 g/mol. The van der Waals surface area contributed by atoms with Crippen molar-refractivity contribution in [2.75, 3.05) is 0 Å². The van der Waals surface area contributed by atoms with Gasteiger partial charge in [-0.25, -0.2) is 0 Å². The summed E-state index contributed by atoms with van der Waals surface area (Å²) in [5, 5.41) is 14.1. The molecule has 0 saturated heterocycles. The smallest absolute Gasteiger partial charge is 0.174 e. The van der Waals surface area contributed by atoms with Crippen LogP contribution in [0.4, 0.5) is 0 Å². The molecule has 0 aliphatic rings. The van der Waals surface area contributed by atoms with Gasteiger partial charge in [-0.05, 0) is 54.4 Å². The van der Waals surface area contributed by atoms with Crippen molar-refractivity contribution in [3.8, 4) is 0 Å². The first kappa shape index (κ1) is 14.7. The predicted octanol–water partition coefficient (Wildman–Crippen LogP) is 3.29. The summed E-state index contributed by atoms with van der Waals surface area (Å²) >= 11 is 0. The standard InChI is InChI=1S/C16H24N4/c1-11-9-13(16(3,4)5)10-12(2)14(11)7-6-8-15-17-19-20-18-15/h9-10H,6-8H2,1-5H3,(H,17,18,19,20). The van der Waals surface area contributed by atoms with Crippen LogP contribution in [-0.4, -0.2) is 20.6 Å². The summed E-state index contributed by atoms with van der Waals surface area (Å²) in [6, 6.07) is 4.66. The van der Waals surface area contributed by atoms with Crippen LogP contribution in [0.15, 0.2) is 12.1 Å². The van der Waals surface area contributed by atoms with Gasteiger partial charge in [-0.2, -0.15) is 5.21 Å². The van der Waals surface area contributed by atoms with Crippen LogP contribution in [-0.2, 0) is 18.3 Å². The van der Waals surface area contributed by atoms with Gasteiger partial charge in [-0.1, -0.05) is 38.1 Å². The van der Waals surface area contributed by atoms with Gasteiger partial charge in [0.2, 0.25) is 0 Å². The molecule has 0 atom stereocenters. The van der Waals surface area contributed by atoms with Gasteiger partial charge in [-0.3, -0.25) is 0 Å². The van der Waals surface area contributed by atoms with Crippen LogP contribution in [0.2, 0.25) is 0 Å². The van der Waals surface area contributed by atoms with Crippen molar-refractivity contribution in [1.29, 1.82) is 0 Å². The van der Waals surface area contributed by atoms with E-state index in [2.05, 4.69) is 67.4 Å². The molecule has 0 amide bonds. The zero-order valence-electron chi connectivity index (χ0n) is 13.1. The van der Waals surface area contributed by atoms with E-state index in [9.17, 15) is 0 Å². The van der Waals surface area contributed by atoms with E-state index in [-0.39, 0.29) is 5.41 Å². The molecular formula is C16H24N4. The van der Waals surface area contributed by atoms with Crippen LogP contribution in [0.25, 0.3) is 0 Å². The Morgan fingerprint density at radius 2 is 1.70 bits per heavy atom. The fourth-order valence-corrected chi connectivity index (χ4v) is 2.53. The zero-order chi connectivity index (χ0) is 14.8. The number of H-pyrrole nitrogens is 1. The fraction of sp³-hybridized carbons (Fsp3) is 0.562. The number of tetrazole rings is 1. The quantitative estimate of drug-likeness (QED) is 0.929. The molecule has 0 aliphatic heterocycles. The topological polar surface area (TPSA) is 54.5 Å². The van der Waals surface area contributed by atoms with Crippen LogP contribution in [0.3, 0.4) is 0 Å². The van der Waals surface area contributed by atoms with Gasteiger partial charge in [0, 0.05) is 6.42 Å².